The van der Waals surface area contributed by atoms with Gasteiger partial charge in [0.15, 0.2) is 5.78 Å². The number of carbonyl (C=O) groups excluding carboxylic acids is 1. The maximum absolute atomic E-state index is 12.5. The average Bonchev–Trinajstić information content (AvgIpc) is 3.03. The molecule has 108 valence electrons. The SMILES string of the molecule is Cn1cc(/C=C2/CSC/C(=C/c3cnn(C)c3)C2=O)cn1. The summed E-state index contributed by atoms with van der Waals surface area (Å²) in [5.41, 5.74) is 3.58. The number of ketones is 1. The normalized spacial score (nSPS) is 19.6. The second-order valence-electron chi connectivity index (χ2n) is 5.06. The number of hydrogen-bond donors (Lipinski definition) is 0. The highest BCUT2D eigenvalue weighted by molar-refractivity contribution is 7.99. The summed E-state index contributed by atoms with van der Waals surface area (Å²) in [5, 5.41) is 8.25. The van der Waals surface area contributed by atoms with Gasteiger partial charge in [0.05, 0.1) is 12.4 Å². The predicted octanol–water partition coefficient (Wildman–Crippen LogP) is 1.94. The van der Waals surface area contributed by atoms with Crippen LogP contribution >= 0.6 is 11.8 Å². The Hall–Kier alpha value is -2.08. The number of rotatable bonds is 2. The summed E-state index contributed by atoms with van der Waals surface area (Å²) in [6.07, 6.45) is 11.2. The van der Waals surface area contributed by atoms with Crippen molar-refractivity contribution in [1.82, 2.24) is 19.6 Å². The van der Waals surface area contributed by atoms with Gasteiger partial charge in [0, 0.05) is 60.3 Å². The fourth-order valence-electron chi connectivity index (χ4n) is 2.25. The lowest BCUT2D eigenvalue weighted by Gasteiger charge is -2.15. The molecule has 3 heterocycles. The highest BCUT2D eigenvalue weighted by Crippen LogP contribution is 2.26. The van der Waals surface area contributed by atoms with Crippen molar-refractivity contribution in [3.63, 3.8) is 0 Å². The molecule has 0 bridgehead atoms. The van der Waals surface area contributed by atoms with Crippen molar-refractivity contribution >= 4 is 29.7 Å². The van der Waals surface area contributed by atoms with E-state index in [-0.39, 0.29) is 5.78 Å². The third-order valence-corrected chi connectivity index (χ3v) is 4.26. The minimum absolute atomic E-state index is 0.126. The van der Waals surface area contributed by atoms with E-state index in [0.717, 1.165) is 33.8 Å². The number of Topliss-reactive ketones (excluding diaryl/α,β-unsaturated/α-hetero) is 1. The van der Waals surface area contributed by atoms with Crippen molar-refractivity contribution in [3.05, 3.63) is 47.1 Å². The Morgan fingerprint density at radius 3 is 1.86 bits per heavy atom. The number of aryl methyl sites for hydroxylation is 2. The summed E-state index contributed by atoms with van der Waals surface area (Å²) < 4.78 is 3.47. The van der Waals surface area contributed by atoms with Crippen LogP contribution in [0.15, 0.2) is 35.9 Å². The Kier molecular flexibility index (Phi) is 3.79. The van der Waals surface area contributed by atoms with Crippen LogP contribution in [0.2, 0.25) is 0 Å². The smallest absolute Gasteiger partial charge is 0.186 e. The lowest BCUT2D eigenvalue weighted by Crippen LogP contribution is -2.15. The molecule has 1 fully saturated rings. The quantitative estimate of drug-likeness (QED) is 0.795. The molecule has 0 radical (unpaired) electrons. The molecular weight excluding hydrogens is 284 g/mol. The Bertz CT molecular complexity index is 678. The summed E-state index contributed by atoms with van der Waals surface area (Å²) >= 11 is 1.76. The molecule has 2 aromatic heterocycles. The summed E-state index contributed by atoms with van der Waals surface area (Å²) in [6.45, 7) is 0. The monoisotopic (exact) mass is 300 g/mol. The summed E-state index contributed by atoms with van der Waals surface area (Å²) in [5.74, 6) is 1.62. The van der Waals surface area contributed by atoms with E-state index >= 15 is 0 Å². The molecule has 0 saturated carbocycles. The van der Waals surface area contributed by atoms with Crippen molar-refractivity contribution < 1.29 is 4.79 Å². The average molecular weight is 300 g/mol. The summed E-state index contributed by atoms with van der Waals surface area (Å²) in [7, 11) is 3.74. The van der Waals surface area contributed by atoms with Crippen molar-refractivity contribution in [2.24, 2.45) is 14.1 Å². The van der Waals surface area contributed by atoms with Gasteiger partial charge in [0.25, 0.3) is 0 Å². The van der Waals surface area contributed by atoms with E-state index in [2.05, 4.69) is 10.2 Å². The van der Waals surface area contributed by atoms with Gasteiger partial charge in [0.2, 0.25) is 0 Å². The minimum atomic E-state index is 0.126. The van der Waals surface area contributed by atoms with Crippen LogP contribution in [0.5, 0.6) is 0 Å². The Morgan fingerprint density at radius 1 is 1.00 bits per heavy atom. The summed E-state index contributed by atoms with van der Waals surface area (Å²) in [4.78, 5) is 12.5. The number of thioether (sulfide) groups is 1. The maximum atomic E-state index is 12.5. The Labute approximate surface area is 127 Å². The molecule has 0 spiro atoms. The first-order chi connectivity index (χ1) is 10.1. The van der Waals surface area contributed by atoms with Crippen molar-refractivity contribution in [3.8, 4) is 0 Å². The van der Waals surface area contributed by atoms with Gasteiger partial charge >= 0.3 is 0 Å². The van der Waals surface area contributed by atoms with Crippen LogP contribution in [-0.4, -0.2) is 36.8 Å². The number of nitrogens with zero attached hydrogens (tertiary/aromatic N) is 4. The highest BCUT2D eigenvalue weighted by atomic mass is 32.2. The van der Waals surface area contributed by atoms with Gasteiger partial charge in [-0.25, -0.2) is 0 Å². The summed E-state index contributed by atoms with van der Waals surface area (Å²) in [6, 6.07) is 0. The zero-order valence-electron chi connectivity index (χ0n) is 12.0. The number of aromatic nitrogens is 4. The molecule has 21 heavy (non-hydrogen) atoms. The molecule has 0 atom stereocenters. The van der Waals surface area contributed by atoms with Crippen molar-refractivity contribution in [2.45, 2.75) is 0 Å². The molecular formula is C15H16N4OS. The number of carbonyl (C=O) groups is 1. The third-order valence-electron chi connectivity index (χ3n) is 3.23. The van der Waals surface area contributed by atoms with Crippen LogP contribution in [0.4, 0.5) is 0 Å². The molecule has 3 rings (SSSR count). The molecule has 1 aliphatic rings. The fourth-order valence-corrected chi connectivity index (χ4v) is 3.23. The molecule has 5 nitrogen and oxygen atoms in total. The predicted molar refractivity (Wildman–Crippen MR) is 84.7 cm³/mol. The van der Waals surface area contributed by atoms with E-state index in [9.17, 15) is 4.79 Å². The van der Waals surface area contributed by atoms with Crippen molar-refractivity contribution in [2.75, 3.05) is 11.5 Å². The number of hydrogen-bond acceptors (Lipinski definition) is 4. The molecule has 1 saturated heterocycles. The molecule has 0 N–H and O–H groups in total. The first kappa shape index (κ1) is 13.9. The van der Waals surface area contributed by atoms with E-state index in [1.54, 1.807) is 33.5 Å². The van der Waals surface area contributed by atoms with E-state index in [0.29, 0.717) is 0 Å². The van der Waals surface area contributed by atoms with Gasteiger partial charge in [-0.3, -0.25) is 14.2 Å². The van der Waals surface area contributed by atoms with Crippen molar-refractivity contribution in [1.29, 1.82) is 0 Å². The van der Waals surface area contributed by atoms with Gasteiger partial charge in [0.1, 0.15) is 0 Å². The van der Waals surface area contributed by atoms with Gasteiger partial charge in [-0.2, -0.15) is 22.0 Å². The zero-order chi connectivity index (χ0) is 14.8. The fraction of sp³-hybridized carbons (Fsp3) is 0.267. The molecule has 0 aliphatic carbocycles. The molecule has 0 unspecified atom stereocenters. The van der Waals surface area contributed by atoms with E-state index < -0.39 is 0 Å². The lowest BCUT2D eigenvalue weighted by atomic mass is 10.0. The molecule has 2 aromatic rings. The zero-order valence-corrected chi connectivity index (χ0v) is 12.8. The van der Waals surface area contributed by atoms with Crippen LogP contribution in [-0.2, 0) is 18.9 Å². The molecule has 0 amide bonds. The van der Waals surface area contributed by atoms with Crippen LogP contribution in [0.1, 0.15) is 11.1 Å². The Morgan fingerprint density at radius 2 is 1.48 bits per heavy atom. The van der Waals surface area contributed by atoms with Gasteiger partial charge in [-0.1, -0.05) is 0 Å². The largest absolute Gasteiger partial charge is 0.289 e. The van der Waals surface area contributed by atoms with Gasteiger partial charge in [-0.15, -0.1) is 0 Å². The minimum Gasteiger partial charge on any atom is -0.289 e. The van der Waals surface area contributed by atoms with Crippen LogP contribution in [0.25, 0.3) is 12.2 Å². The highest BCUT2D eigenvalue weighted by Gasteiger charge is 2.21. The second-order valence-corrected chi connectivity index (χ2v) is 6.04. The van der Waals surface area contributed by atoms with Crippen LogP contribution in [0.3, 0.4) is 0 Å². The molecule has 6 heteroatoms. The van der Waals surface area contributed by atoms with E-state index in [1.165, 1.54) is 0 Å². The third kappa shape index (κ3) is 3.16. The first-order valence-electron chi connectivity index (χ1n) is 6.63. The Balaban J connectivity index is 1.87. The van der Waals surface area contributed by atoms with Gasteiger partial charge in [-0.05, 0) is 12.2 Å². The molecule has 0 aromatic carbocycles. The molecule has 1 aliphatic heterocycles. The standard InChI is InChI=1S/C15H16N4OS/c1-18-7-11(5-16-18)3-13-9-21-10-14(15(13)20)4-12-6-17-19(2)8-12/h3-8H,9-10H2,1-2H3/b13-3-,14-4-. The second kappa shape index (κ2) is 5.73. The topological polar surface area (TPSA) is 52.7 Å². The first-order valence-corrected chi connectivity index (χ1v) is 7.78. The lowest BCUT2D eigenvalue weighted by molar-refractivity contribution is -0.112. The van der Waals surface area contributed by atoms with Crippen LogP contribution in [0, 0.1) is 0 Å². The van der Waals surface area contributed by atoms with Crippen LogP contribution < -0.4 is 0 Å². The van der Waals surface area contributed by atoms with E-state index in [1.807, 2.05) is 38.6 Å². The van der Waals surface area contributed by atoms with Gasteiger partial charge < -0.3 is 0 Å². The van der Waals surface area contributed by atoms with E-state index in [4.69, 9.17) is 0 Å². The maximum Gasteiger partial charge on any atom is 0.186 e.